The van der Waals surface area contributed by atoms with E-state index in [1.54, 1.807) is 20.8 Å². The minimum Gasteiger partial charge on any atom is -0.480 e. The Bertz CT molecular complexity index is 1060. The molecule has 1 fully saturated rings. The second kappa shape index (κ2) is 10.1. The number of hydrogen-bond acceptors (Lipinski definition) is 4. The molecule has 2 aliphatic carbocycles. The van der Waals surface area contributed by atoms with E-state index in [1.807, 2.05) is 24.3 Å². The van der Waals surface area contributed by atoms with Gasteiger partial charge in [0.15, 0.2) is 0 Å². The molecule has 1 saturated carbocycles. The number of carboxylic acids is 1. The average Bonchev–Trinajstić information content (AvgIpc) is 3.10. The number of hydrogen-bond donors (Lipinski definition) is 3. The Labute approximate surface area is 206 Å². The average molecular weight is 479 g/mol. The van der Waals surface area contributed by atoms with Gasteiger partial charge in [-0.15, -0.1) is 0 Å². The maximum atomic E-state index is 12.4. The molecule has 7 nitrogen and oxygen atoms in total. The lowest BCUT2D eigenvalue weighted by Crippen LogP contribution is -2.50. The van der Waals surface area contributed by atoms with Gasteiger partial charge in [-0.25, -0.2) is 9.59 Å². The first-order valence-corrected chi connectivity index (χ1v) is 12.2. The number of ether oxygens (including phenoxy) is 1. The Balaban J connectivity index is 1.18. The van der Waals surface area contributed by atoms with Gasteiger partial charge in [0, 0.05) is 18.9 Å². The van der Waals surface area contributed by atoms with Gasteiger partial charge in [0.05, 0.1) is 0 Å². The highest BCUT2D eigenvalue weighted by atomic mass is 16.5. The minimum atomic E-state index is -1.02. The van der Waals surface area contributed by atoms with Gasteiger partial charge in [0.25, 0.3) is 0 Å². The number of benzene rings is 2. The molecule has 2 aromatic carbocycles. The fraction of sp³-hybridized carbons (Fsp3) is 0.464. The number of carboxylic acid groups (broad SMARTS) is 1. The van der Waals surface area contributed by atoms with Crippen molar-refractivity contribution < 1.29 is 24.2 Å². The predicted octanol–water partition coefficient (Wildman–Crippen LogP) is 4.56. The maximum absolute atomic E-state index is 12.4. The maximum Gasteiger partial charge on any atom is 0.407 e. The first-order valence-electron chi connectivity index (χ1n) is 12.2. The van der Waals surface area contributed by atoms with Crippen molar-refractivity contribution in [2.24, 2.45) is 17.3 Å². The SMILES string of the molecule is CC(C)(C)[C@@H](NC(=O)CC1CC(CNC(=O)OCC2c3ccccc3-c3ccccc32)C1)C(=O)O. The fourth-order valence-electron chi connectivity index (χ4n) is 5.21. The van der Waals surface area contributed by atoms with Crippen LogP contribution in [0.5, 0.6) is 0 Å². The van der Waals surface area contributed by atoms with Crippen LogP contribution in [0.2, 0.25) is 0 Å². The van der Waals surface area contributed by atoms with Gasteiger partial charge in [-0.05, 0) is 52.3 Å². The van der Waals surface area contributed by atoms with Crippen LogP contribution in [0.15, 0.2) is 48.5 Å². The molecule has 35 heavy (non-hydrogen) atoms. The van der Waals surface area contributed by atoms with E-state index in [-0.39, 0.29) is 24.3 Å². The largest absolute Gasteiger partial charge is 0.480 e. The molecule has 0 aromatic heterocycles. The lowest BCUT2D eigenvalue weighted by Gasteiger charge is -2.35. The van der Waals surface area contributed by atoms with Gasteiger partial charge in [0.2, 0.25) is 5.91 Å². The third-order valence-corrected chi connectivity index (χ3v) is 7.10. The molecule has 2 aromatic rings. The lowest BCUT2D eigenvalue weighted by molar-refractivity contribution is -0.145. The number of rotatable bonds is 8. The van der Waals surface area contributed by atoms with Crippen LogP contribution >= 0.6 is 0 Å². The van der Waals surface area contributed by atoms with Gasteiger partial charge in [-0.2, -0.15) is 0 Å². The van der Waals surface area contributed by atoms with E-state index in [4.69, 9.17) is 4.74 Å². The fourth-order valence-corrected chi connectivity index (χ4v) is 5.21. The normalized spacial score (nSPS) is 19.6. The van der Waals surface area contributed by atoms with Crippen molar-refractivity contribution in [1.29, 1.82) is 0 Å². The van der Waals surface area contributed by atoms with E-state index in [1.165, 1.54) is 22.3 Å². The molecule has 3 N–H and O–H groups in total. The zero-order chi connectivity index (χ0) is 25.2. The summed E-state index contributed by atoms with van der Waals surface area (Å²) in [6.07, 6.45) is 1.53. The highest BCUT2D eigenvalue weighted by Gasteiger charge is 2.35. The summed E-state index contributed by atoms with van der Waals surface area (Å²) in [4.78, 5) is 36.1. The van der Waals surface area contributed by atoms with Crippen molar-refractivity contribution in [1.82, 2.24) is 10.6 Å². The number of nitrogens with one attached hydrogen (secondary N) is 2. The zero-order valence-corrected chi connectivity index (χ0v) is 20.5. The summed E-state index contributed by atoms with van der Waals surface area (Å²) in [7, 11) is 0. The minimum absolute atomic E-state index is 0.0301. The summed E-state index contributed by atoms with van der Waals surface area (Å²) in [5.41, 5.74) is 4.19. The van der Waals surface area contributed by atoms with Crippen molar-refractivity contribution in [2.45, 2.75) is 52.0 Å². The number of alkyl carbamates (subject to hydrolysis) is 1. The van der Waals surface area contributed by atoms with Crippen molar-refractivity contribution in [3.8, 4) is 11.1 Å². The molecule has 1 atom stereocenters. The van der Waals surface area contributed by atoms with Crippen molar-refractivity contribution in [3.05, 3.63) is 59.7 Å². The number of amides is 2. The van der Waals surface area contributed by atoms with Gasteiger partial charge in [0.1, 0.15) is 12.6 Å². The van der Waals surface area contributed by atoms with Crippen LogP contribution in [-0.4, -0.2) is 42.3 Å². The van der Waals surface area contributed by atoms with E-state index in [0.717, 1.165) is 12.8 Å². The van der Waals surface area contributed by atoms with Gasteiger partial charge < -0.3 is 20.5 Å². The molecule has 0 bridgehead atoms. The molecular weight excluding hydrogens is 444 g/mol. The van der Waals surface area contributed by atoms with E-state index in [0.29, 0.717) is 18.9 Å². The molecule has 4 rings (SSSR count). The molecule has 7 heteroatoms. The van der Waals surface area contributed by atoms with Gasteiger partial charge >= 0.3 is 12.1 Å². The van der Waals surface area contributed by atoms with Gasteiger partial charge in [-0.3, -0.25) is 4.79 Å². The predicted molar refractivity (Wildman–Crippen MR) is 133 cm³/mol. The number of fused-ring (bicyclic) bond motifs is 3. The molecule has 186 valence electrons. The third kappa shape index (κ3) is 5.66. The van der Waals surface area contributed by atoms with Crippen LogP contribution in [-0.2, 0) is 14.3 Å². The molecule has 2 amide bonds. The molecule has 0 saturated heterocycles. The van der Waals surface area contributed by atoms with Gasteiger partial charge in [-0.1, -0.05) is 69.3 Å². The number of carbonyl (C=O) groups is 3. The topological polar surface area (TPSA) is 105 Å². The van der Waals surface area contributed by atoms with Crippen LogP contribution in [0.1, 0.15) is 57.1 Å². The Hall–Kier alpha value is -3.35. The van der Waals surface area contributed by atoms with E-state index >= 15 is 0 Å². The molecular formula is C28H34N2O5. The van der Waals surface area contributed by atoms with Crippen molar-refractivity contribution in [3.63, 3.8) is 0 Å². The van der Waals surface area contributed by atoms with Crippen molar-refractivity contribution in [2.75, 3.05) is 13.2 Å². The second-order valence-electron chi connectivity index (χ2n) is 10.8. The Morgan fingerprint density at radius 1 is 0.971 bits per heavy atom. The molecule has 2 aliphatic rings. The molecule has 0 radical (unpaired) electrons. The molecule has 0 unspecified atom stereocenters. The monoisotopic (exact) mass is 478 g/mol. The highest BCUT2D eigenvalue weighted by molar-refractivity contribution is 5.84. The second-order valence-corrected chi connectivity index (χ2v) is 10.8. The highest BCUT2D eigenvalue weighted by Crippen LogP contribution is 2.44. The Kier molecular flexibility index (Phi) is 7.15. The molecule has 0 aliphatic heterocycles. The smallest absolute Gasteiger partial charge is 0.407 e. The summed E-state index contributed by atoms with van der Waals surface area (Å²) in [5, 5.41) is 14.9. The summed E-state index contributed by atoms with van der Waals surface area (Å²) in [5.74, 6) is -0.725. The standard InChI is InChI=1S/C28H34N2O5/c1-28(2,3)25(26(32)33)30-24(31)14-17-12-18(13-17)15-29-27(34)35-16-23-21-10-6-4-8-19(21)20-9-5-7-11-22(20)23/h4-11,17-18,23,25H,12-16H2,1-3H3,(H,29,34)(H,30,31)(H,32,33)/t17?,18?,25-/m0/s1. The summed E-state index contributed by atoms with van der Waals surface area (Å²) >= 11 is 0. The summed E-state index contributed by atoms with van der Waals surface area (Å²) in [6, 6.07) is 15.5. The Morgan fingerprint density at radius 2 is 1.54 bits per heavy atom. The Morgan fingerprint density at radius 3 is 2.09 bits per heavy atom. The van der Waals surface area contributed by atoms with Crippen LogP contribution in [0.4, 0.5) is 4.79 Å². The van der Waals surface area contributed by atoms with Crippen LogP contribution < -0.4 is 10.6 Å². The summed E-state index contributed by atoms with van der Waals surface area (Å²) < 4.78 is 5.58. The molecule has 0 spiro atoms. The quantitative estimate of drug-likeness (QED) is 0.516. The first-order chi connectivity index (χ1) is 16.6. The first kappa shape index (κ1) is 24.8. The van der Waals surface area contributed by atoms with Crippen LogP contribution in [0.25, 0.3) is 11.1 Å². The molecule has 0 heterocycles. The van der Waals surface area contributed by atoms with Crippen molar-refractivity contribution >= 4 is 18.0 Å². The number of aliphatic carboxylic acids is 1. The third-order valence-electron chi connectivity index (χ3n) is 7.10. The van der Waals surface area contributed by atoms with E-state index in [9.17, 15) is 19.5 Å². The van der Waals surface area contributed by atoms with E-state index < -0.39 is 23.5 Å². The summed E-state index contributed by atoms with van der Waals surface area (Å²) in [6.45, 7) is 6.17. The number of carbonyl (C=O) groups excluding carboxylic acids is 2. The van der Waals surface area contributed by atoms with Crippen LogP contribution in [0, 0.1) is 17.3 Å². The lowest BCUT2D eigenvalue weighted by atomic mass is 9.73. The van der Waals surface area contributed by atoms with Crippen LogP contribution in [0.3, 0.4) is 0 Å². The van der Waals surface area contributed by atoms with E-state index in [2.05, 4.69) is 34.9 Å². The zero-order valence-electron chi connectivity index (χ0n) is 20.5.